The molecular weight excluding hydrogens is 513 g/mol. The van der Waals surface area contributed by atoms with Crippen LogP contribution in [0, 0.1) is 0 Å². The van der Waals surface area contributed by atoms with Crippen molar-refractivity contribution in [3.8, 4) is 11.1 Å². The zero-order valence-electron chi connectivity index (χ0n) is 20.3. The van der Waals surface area contributed by atoms with Gasteiger partial charge in [0.1, 0.15) is 5.69 Å². The molecule has 4 aromatic rings. The Morgan fingerprint density at radius 3 is 2.69 bits per heavy atom. The van der Waals surface area contributed by atoms with Crippen molar-refractivity contribution >= 4 is 35.4 Å². The fourth-order valence-corrected chi connectivity index (χ4v) is 4.27. The average molecular weight is 535 g/mol. The van der Waals surface area contributed by atoms with E-state index in [1.807, 2.05) is 6.07 Å². The van der Waals surface area contributed by atoms with Crippen molar-refractivity contribution in [1.82, 2.24) is 29.9 Å². The molecule has 0 radical (unpaired) electrons. The Labute approximate surface area is 219 Å². The fraction of sp³-hybridized carbons (Fsp3) is 0.231. The highest BCUT2D eigenvalue weighted by atomic mass is 19.4. The van der Waals surface area contributed by atoms with Crippen LogP contribution in [0.4, 0.5) is 25.1 Å². The van der Waals surface area contributed by atoms with Crippen molar-refractivity contribution < 1.29 is 22.8 Å². The Hall–Kier alpha value is -4.81. The van der Waals surface area contributed by atoms with Crippen molar-refractivity contribution in [2.75, 3.05) is 10.6 Å². The molecule has 2 amide bonds. The fourth-order valence-electron chi connectivity index (χ4n) is 4.27. The van der Waals surface area contributed by atoms with Crippen LogP contribution in [0.15, 0.2) is 54.4 Å². The summed E-state index contributed by atoms with van der Waals surface area (Å²) >= 11 is 0. The number of hydrogen-bond donors (Lipinski definition) is 3. The van der Waals surface area contributed by atoms with E-state index in [0.717, 1.165) is 30.7 Å². The summed E-state index contributed by atoms with van der Waals surface area (Å²) in [4.78, 5) is 36.3. The highest BCUT2D eigenvalue weighted by Crippen LogP contribution is 2.32. The lowest BCUT2D eigenvalue weighted by atomic mass is 10.00. The smallest absolute Gasteiger partial charge is 0.351 e. The van der Waals surface area contributed by atoms with E-state index in [1.165, 1.54) is 10.6 Å². The lowest BCUT2D eigenvalue weighted by Crippen LogP contribution is -2.19. The molecule has 0 unspecified atom stereocenters. The van der Waals surface area contributed by atoms with Gasteiger partial charge in [0, 0.05) is 29.9 Å². The van der Waals surface area contributed by atoms with E-state index in [9.17, 15) is 22.8 Å². The van der Waals surface area contributed by atoms with E-state index in [2.05, 4.69) is 36.0 Å². The quantitative estimate of drug-likeness (QED) is 0.241. The predicted octanol–water partition coefficient (Wildman–Crippen LogP) is 3.82. The molecule has 0 spiro atoms. The van der Waals surface area contributed by atoms with Gasteiger partial charge in [0.2, 0.25) is 17.8 Å². The van der Waals surface area contributed by atoms with Gasteiger partial charge in [0.05, 0.1) is 12.6 Å². The molecule has 0 atom stereocenters. The Morgan fingerprint density at radius 1 is 1.13 bits per heavy atom. The van der Waals surface area contributed by atoms with Crippen LogP contribution in [0.5, 0.6) is 0 Å². The molecule has 4 heterocycles. The number of fused-ring (bicyclic) bond motifs is 1. The van der Waals surface area contributed by atoms with Gasteiger partial charge in [0.25, 0.3) is 5.91 Å². The van der Waals surface area contributed by atoms with Gasteiger partial charge in [0.15, 0.2) is 5.65 Å². The zero-order chi connectivity index (χ0) is 27.1. The number of nitrogens with zero attached hydrogens (tertiary/aromatic N) is 5. The van der Waals surface area contributed by atoms with Crippen LogP contribution in [-0.4, -0.2) is 42.4 Å². The van der Waals surface area contributed by atoms with E-state index in [0.29, 0.717) is 33.9 Å². The van der Waals surface area contributed by atoms with Gasteiger partial charge < -0.3 is 10.6 Å². The molecule has 1 aliphatic carbocycles. The maximum atomic E-state index is 13.2. The highest BCUT2D eigenvalue weighted by Gasteiger charge is 2.32. The third-order valence-corrected chi connectivity index (χ3v) is 6.35. The summed E-state index contributed by atoms with van der Waals surface area (Å²) in [5.41, 5.74) is 2.03. The molecule has 13 heteroatoms. The normalized spacial score (nSPS) is 16.6. The summed E-state index contributed by atoms with van der Waals surface area (Å²) in [5.74, 6) is -0.104. The molecule has 1 saturated carbocycles. The van der Waals surface area contributed by atoms with Crippen molar-refractivity contribution in [2.24, 2.45) is 0 Å². The number of aromatic nitrogens is 5. The third-order valence-electron chi connectivity index (χ3n) is 6.35. The monoisotopic (exact) mass is 534 g/mol. The lowest BCUT2D eigenvalue weighted by molar-refractivity contribution is -0.141. The molecule has 39 heavy (non-hydrogen) atoms. The van der Waals surface area contributed by atoms with Gasteiger partial charge in [-0.2, -0.15) is 32.8 Å². The molecule has 1 saturated heterocycles. The summed E-state index contributed by atoms with van der Waals surface area (Å²) in [6, 6.07) is 9.91. The van der Waals surface area contributed by atoms with Gasteiger partial charge in [-0.05, 0) is 47.7 Å². The van der Waals surface area contributed by atoms with E-state index in [1.54, 1.807) is 30.5 Å². The highest BCUT2D eigenvalue weighted by molar-refractivity contribution is 6.15. The Kier molecular flexibility index (Phi) is 5.97. The number of benzene rings is 1. The number of carbonyl (C=O) groups excluding carboxylic acids is 2. The second-order valence-electron chi connectivity index (χ2n) is 9.29. The minimum Gasteiger partial charge on any atom is -0.351 e. The van der Waals surface area contributed by atoms with Gasteiger partial charge in [-0.15, -0.1) is 0 Å². The largest absolute Gasteiger partial charge is 0.433 e. The summed E-state index contributed by atoms with van der Waals surface area (Å²) in [5, 5.41) is 13.1. The van der Waals surface area contributed by atoms with E-state index < -0.39 is 17.8 Å². The van der Waals surface area contributed by atoms with Crippen LogP contribution in [0.1, 0.15) is 36.1 Å². The Morgan fingerprint density at radius 2 is 1.95 bits per heavy atom. The molecule has 1 aromatic carbocycles. The lowest BCUT2D eigenvalue weighted by Gasteiger charge is -2.14. The Balaban J connectivity index is 1.33. The van der Waals surface area contributed by atoms with E-state index >= 15 is 0 Å². The molecule has 6 rings (SSSR count). The Bertz CT molecular complexity index is 1640. The van der Waals surface area contributed by atoms with Crippen LogP contribution < -0.4 is 16.0 Å². The molecule has 3 aromatic heterocycles. The molecular formula is C26H21F3N8O2. The first-order chi connectivity index (χ1) is 18.7. The molecule has 2 fully saturated rings. The van der Waals surface area contributed by atoms with Gasteiger partial charge in [-0.1, -0.05) is 24.3 Å². The molecule has 3 N–H and O–H groups in total. The number of anilines is 2. The summed E-state index contributed by atoms with van der Waals surface area (Å²) < 4.78 is 41.3. The van der Waals surface area contributed by atoms with Crippen LogP contribution in [0.3, 0.4) is 0 Å². The number of alkyl halides is 3. The SMILES string of the molecule is O=C1C/C(=C\c2cnn3c(NC4CC4)nc(NCc4ccccc4-c4ccnc(C(F)(F)F)c4)nc23)C(=O)N1. The summed E-state index contributed by atoms with van der Waals surface area (Å²) in [6.45, 7) is 0.223. The minimum atomic E-state index is -4.55. The molecule has 198 valence electrons. The van der Waals surface area contributed by atoms with Crippen molar-refractivity contribution in [1.29, 1.82) is 0 Å². The zero-order valence-corrected chi connectivity index (χ0v) is 20.3. The topological polar surface area (TPSA) is 126 Å². The van der Waals surface area contributed by atoms with Crippen LogP contribution >= 0.6 is 0 Å². The van der Waals surface area contributed by atoms with Crippen molar-refractivity contribution in [3.05, 3.63) is 71.2 Å². The number of rotatable bonds is 7. The number of amides is 2. The maximum absolute atomic E-state index is 13.2. The first-order valence-electron chi connectivity index (χ1n) is 12.2. The molecule has 2 aliphatic rings. The van der Waals surface area contributed by atoms with Crippen molar-refractivity contribution in [2.45, 2.75) is 38.0 Å². The number of pyridine rings is 1. The summed E-state index contributed by atoms with van der Waals surface area (Å²) in [6.07, 6.45) is 1.68. The third kappa shape index (κ3) is 5.15. The van der Waals surface area contributed by atoms with Gasteiger partial charge in [-0.3, -0.25) is 19.9 Å². The number of hydrogen-bond acceptors (Lipinski definition) is 8. The predicted molar refractivity (Wildman–Crippen MR) is 135 cm³/mol. The van der Waals surface area contributed by atoms with Crippen LogP contribution in [0.2, 0.25) is 0 Å². The minimum absolute atomic E-state index is 0.0264. The maximum Gasteiger partial charge on any atom is 0.433 e. The van der Waals surface area contributed by atoms with E-state index in [4.69, 9.17) is 0 Å². The number of carbonyl (C=O) groups is 2. The van der Waals surface area contributed by atoms with Crippen molar-refractivity contribution in [3.63, 3.8) is 0 Å². The standard InChI is InChI=1S/C26H21F3N8O2/c27-26(28,29)20-10-14(7-8-30-20)19-4-2-1-3-15(19)12-31-24-35-22-17(9-16-11-21(38)34-23(16)39)13-32-37(22)25(36-24)33-18-5-6-18/h1-4,7-10,13,18H,5-6,11-12H2,(H,34,38,39)(H2,31,33,35,36)/b16-9+. The second-order valence-corrected chi connectivity index (χ2v) is 9.29. The second kappa shape index (κ2) is 9.49. The summed E-state index contributed by atoms with van der Waals surface area (Å²) in [7, 11) is 0. The van der Waals surface area contributed by atoms with Gasteiger partial charge in [-0.25, -0.2) is 0 Å². The number of nitrogens with one attached hydrogen (secondary N) is 3. The van der Waals surface area contributed by atoms with Gasteiger partial charge >= 0.3 is 6.18 Å². The number of halogens is 3. The first-order valence-corrected chi connectivity index (χ1v) is 12.2. The molecule has 0 bridgehead atoms. The van der Waals surface area contributed by atoms with Crippen LogP contribution in [-0.2, 0) is 22.3 Å². The van der Waals surface area contributed by atoms with Crippen LogP contribution in [0.25, 0.3) is 22.9 Å². The number of imide groups is 1. The molecule has 10 nitrogen and oxygen atoms in total. The molecule has 1 aliphatic heterocycles. The van der Waals surface area contributed by atoms with E-state index in [-0.39, 0.29) is 30.9 Å². The average Bonchev–Trinajstić information content (AvgIpc) is 3.55. The first kappa shape index (κ1) is 24.5.